The van der Waals surface area contributed by atoms with Gasteiger partial charge >= 0.3 is 0 Å². The van der Waals surface area contributed by atoms with Crippen molar-refractivity contribution in [2.75, 3.05) is 18.1 Å². The van der Waals surface area contributed by atoms with Crippen LogP contribution in [0.25, 0.3) is 0 Å². The minimum Gasteiger partial charge on any atom is -0.486 e. The highest BCUT2D eigenvalue weighted by atomic mass is 16.6. The third-order valence-electron chi connectivity index (χ3n) is 5.13. The molecule has 2 aliphatic heterocycles. The van der Waals surface area contributed by atoms with Crippen LogP contribution in [-0.4, -0.2) is 37.0 Å². The maximum absolute atomic E-state index is 12.7. The van der Waals surface area contributed by atoms with Gasteiger partial charge in [-0.3, -0.25) is 19.8 Å². The zero-order valence-corrected chi connectivity index (χ0v) is 16.8. The summed E-state index contributed by atoms with van der Waals surface area (Å²) in [5.74, 6) is 0.280. The molecule has 2 aromatic rings. The summed E-state index contributed by atoms with van der Waals surface area (Å²) in [5, 5.41) is 0. The Morgan fingerprint density at radius 1 is 1.03 bits per heavy atom. The van der Waals surface area contributed by atoms with E-state index in [9.17, 15) is 14.4 Å². The van der Waals surface area contributed by atoms with E-state index in [2.05, 4.69) is 24.7 Å². The maximum Gasteiger partial charge on any atom is 0.265 e. The fourth-order valence-corrected chi connectivity index (χ4v) is 3.43. The summed E-state index contributed by atoms with van der Waals surface area (Å²) in [5.41, 5.74) is 7.20. The van der Waals surface area contributed by atoms with Crippen LogP contribution in [0.15, 0.2) is 42.5 Å². The Balaban J connectivity index is 1.40. The third kappa shape index (κ3) is 3.86. The molecule has 2 N–H and O–H groups in total. The van der Waals surface area contributed by atoms with E-state index < -0.39 is 17.9 Å². The molecule has 0 aliphatic carbocycles. The maximum atomic E-state index is 12.7. The van der Waals surface area contributed by atoms with Crippen molar-refractivity contribution >= 4 is 23.4 Å². The lowest BCUT2D eigenvalue weighted by atomic mass is 10.0. The van der Waals surface area contributed by atoms with Crippen molar-refractivity contribution in [2.45, 2.75) is 32.2 Å². The van der Waals surface area contributed by atoms with Crippen LogP contribution in [0.3, 0.4) is 0 Å². The van der Waals surface area contributed by atoms with Gasteiger partial charge in [-0.15, -0.1) is 0 Å². The highest BCUT2D eigenvalue weighted by Crippen LogP contribution is 2.30. The average Bonchev–Trinajstić information content (AvgIpc) is 3.04. The number of imide groups is 1. The quantitative estimate of drug-likeness (QED) is 0.580. The van der Waals surface area contributed by atoms with Gasteiger partial charge in [0.2, 0.25) is 5.91 Å². The van der Waals surface area contributed by atoms with Crippen molar-refractivity contribution in [1.29, 1.82) is 0 Å². The van der Waals surface area contributed by atoms with Gasteiger partial charge in [0.1, 0.15) is 19.3 Å². The molecule has 0 bridgehead atoms. The van der Waals surface area contributed by atoms with Gasteiger partial charge in [0.15, 0.2) is 11.5 Å². The lowest BCUT2D eigenvalue weighted by Crippen LogP contribution is -2.48. The predicted molar refractivity (Wildman–Crippen MR) is 109 cm³/mol. The summed E-state index contributed by atoms with van der Waals surface area (Å²) in [4.78, 5) is 38.7. The summed E-state index contributed by atoms with van der Waals surface area (Å²) < 4.78 is 10.9. The first-order valence-corrected chi connectivity index (χ1v) is 9.86. The molecule has 4 rings (SSSR count). The highest BCUT2D eigenvalue weighted by Gasteiger charge is 2.39. The molecule has 8 nitrogen and oxygen atoms in total. The Hall–Kier alpha value is -3.39. The van der Waals surface area contributed by atoms with Gasteiger partial charge < -0.3 is 9.47 Å². The fourth-order valence-electron chi connectivity index (χ4n) is 3.43. The molecule has 0 saturated carbocycles. The van der Waals surface area contributed by atoms with Crippen molar-refractivity contribution < 1.29 is 23.9 Å². The molecule has 3 amide bonds. The lowest BCUT2D eigenvalue weighted by Gasteiger charge is -2.19. The van der Waals surface area contributed by atoms with Crippen LogP contribution in [0.5, 0.6) is 11.5 Å². The first-order valence-electron chi connectivity index (χ1n) is 9.86. The molecule has 1 unspecified atom stereocenters. The second-order valence-electron chi connectivity index (χ2n) is 7.53. The minimum atomic E-state index is -0.830. The molecule has 30 heavy (non-hydrogen) atoms. The molecular formula is C22H23N3O5. The van der Waals surface area contributed by atoms with E-state index in [1.54, 1.807) is 30.3 Å². The molecule has 2 aromatic carbocycles. The largest absolute Gasteiger partial charge is 0.486 e. The van der Waals surface area contributed by atoms with Crippen molar-refractivity contribution in [2.24, 2.45) is 0 Å². The van der Waals surface area contributed by atoms with E-state index >= 15 is 0 Å². The van der Waals surface area contributed by atoms with Crippen molar-refractivity contribution in [3.05, 3.63) is 53.6 Å². The molecule has 8 heteroatoms. The number of nitrogens with one attached hydrogen (secondary N) is 2. The summed E-state index contributed by atoms with van der Waals surface area (Å²) in [6, 6.07) is 11.4. The van der Waals surface area contributed by atoms with Crippen molar-refractivity contribution in [3.8, 4) is 11.5 Å². The number of rotatable bonds is 5. The molecule has 0 aromatic heterocycles. The number of carbonyl (C=O) groups is 3. The van der Waals surface area contributed by atoms with E-state index in [1.807, 2.05) is 12.1 Å². The fraction of sp³-hybridized carbons (Fsp3) is 0.318. The van der Waals surface area contributed by atoms with Crippen LogP contribution in [-0.2, 0) is 9.59 Å². The van der Waals surface area contributed by atoms with Crippen molar-refractivity contribution in [3.63, 3.8) is 0 Å². The van der Waals surface area contributed by atoms with E-state index in [0.29, 0.717) is 41.9 Å². The van der Waals surface area contributed by atoms with Crippen LogP contribution in [0.4, 0.5) is 5.69 Å². The van der Waals surface area contributed by atoms with Crippen LogP contribution in [0.1, 0.15) is 42.1 Å². The Labute approximate surface area is 174 Å². The normalized spacial score (nSPS) is 18.1. The smallest absolute Gasteiger partial charge is 0.265 e. The zero-order valence-electron chi connectivity index (χ0n) is 16.8. The van der Waals surface area contributed by atoms with Crippen LogP contribution < -0.4 is 25.2 Å². The zero-order chi connectivity index (χ0) is 21.3. The number of ether oxygens (including phenoxy) is 2. The SMILES string of the molecule is CC(C)c1ccc(N2C(=O)CC(NNC(=O)c3ccc4c(c3)OCCO4)C2=O)cc1. The minimum absolute atomic E-state index is 0.0355. The standard InChI is InChI=1S/C22H23N3O5/c1-13(2)14-3-6-16(7-4-14)25-20(26)12-17(22(25)28)23-24-21(27)15-5-8-18-19(11-15)30-10-9-29-18/h3-8,11,13,17,23H,9-10,12H2,1-2H3,(H,24,27). The number of hydrazine groups is 1. The van der Waals surface area contributed by atoms with Gasteiger partial charge in [0.25, 0.3) is 11.8 Å². The number of hydrogen-bond acceptors (Lipinski definition) is 6. The number of amides is 3. The van der Waals surface area contributed by atoms with Gasteiger partial charge in [-0.1, -0.05) is 26.0 Å². The molecule has 156 valence electrons. The first kappa shape index (κ1) is 19.9. The lowest BCUT2D eigenvalue weighted by molar-refractivity contribution is -0.121. The topological polar surface area (TPSA) is 97.0 Å². The molecule has 2 heterocycles. The Bertz CT molecular complexity index is 987. The monoisotopic (exact) mass is 409 g/mol. The number of anilines is 1. The molecule has 1 saturated heterocycles. The molecule has 2 aliphatic rings. The number of hydrogen-bond donors (Lipinski definition) is 2. The second-order valence-corrected chi connectivity index (χ2v) is 7.53. The summed E-state index contributed by atoms with van der Waals surface area (Å²) in [7, 11) is 0. The number of benzene rings is 2. The molecule has 0 radical (unpaired) electrons. The Kier molecular flexibility index (Phi) is 5.41. The first-order chi connectivity index (χ1) is 14.4. The summed E-state index contributed by atoms with van der Waals surface area (Å²) in [6.45, 7) is 5.04. The Morgan fingerprint density at radius 3 is 2.43 bits per heavy atom. The van der Waals surface area contributed by atoms with Crippen molar-refractivity contribution in [1.82, 2.24) is 10.9 Å². The van der Waals surface area contributed by atoms with Gasteiger partial charge in [0.05, 0.1) is 12.1 Å². The predicted octanol–water partition coefficient (Wildman–Crippen LogP) is 2.15. The van der Waals surface area contributed by atoms with Gasteiger partial charge in [-0.05, 0) is 41.8 Å². The van der Waals surface area contributed by atoms with Crippen LogP contribution >= 0.6 is 0 Å². The van der Waals surface area contributed by atoms with E-state index in [1.165, 1.54) is 0 Å². The second kappa shape index (κ2) is 8.16. The third-order valence-corrected chi connectivity index (χ3v) is 5.13. The Morgan fingerprint density at radius 2 is 1.73 bits per heavy atom. The van der Waals surface area contributed by atoms with Crippen LogP contribution in [0, 0.1) is 0 Å². The summed E-state index contributed by atoms with van der Waals surface area (Å²) >= 11 is 0. The molecule has 0 spiro atoms. The number of carbonyl (C=O) groups excluding carboxylic acids is 3. The summed E-state index contributed by atoms with van der Waals surface area (Å²) in [6.07, 6.45) is -0.0355. The van der Waals surface area contributed by atoms with Gasteiger partial charge in [-0.2, -0.15) is 0 Å². The number of fused-ring (bicyclic) bond motifs is 1. The van der Waals surface area contributed by atoms with Gasteiger partial charge in [-0.25, -0.2) is 10.3 Å². The van der Waals surface area contributed by atoms with Crippen LogP contribution in [0.2, 0.25) is 0 Å². The van der Waals surface area contributed by atoms with E-state index in [4.69, 9.17) is 9.47 Å². The van der Waals surface area contributed by atoms with E-state index in [-0.39, 0.29) is 12.3 Å². The highest BCUT2D eigenvalue weighted by molar-refractivity contribution is 6.22. The molecule has 1 atom stereocenters. The average molecular weight is 409 g/mol. The molecular weight excluding hydrogens is 386 g/mol. The van der Waals surface area contributed by atoms with E-state index in [0.717, 1.165) is 10.5 Å². The molecule has 1 fully saturated rings. The van der Waals surface area contributed by atoms with Gasteiger partial charge in [0, 0.05) is 5.56 Å². The number of nitrogens with zero attached hydrogens (tertiary/aromatic N) is 1.